The number of aryl methyl sites for hydroxylation is 1. The maximum atomic E-state index is 10.8. The van der Waals surface area contributed by atoms with Crippen LogP contribution in [-0.2, 0) is 7.05 Å². The summed E-state index contributed by atoms with van der Waals surface area (Å²) in [4.78, 5) is 10.8. The smallest absolute Gasteiger partial charge is 0.358 e. The number of rotatable bonds is 2. The summed E-state index contributed by atoms with van der Waals surface area (Å²) in [6, 6.07) is 7.19. The Morgan fingerprint density at radius 1 is 1.42 bits per heavy atom. The highest BCUT2D eigenvalue weighted by molar-refractivity contribution is 9.10. The van der Waals surface area contributed by atoms with E-state index in [2.05, 4.69) is 21.1 Å². The van der Waals surface area contributed by atoms with Crippen LogP contribution in [0, 0.1) is 0 Å². The standard InChI is InChI=1S/C13H9BrN2O3/c1-16-6-9(14)8-3-2-7(4-11(8)16)12-5-10(13(17)18)15-19-12/h2-6H,1H3,(H,17,18). The fourth-order valence-corrected chi connectivity index (χ4v) is 2.64. The van der Waals surface area contributed by atoms with E-state index >= 15 is 0 Å². The number of fused-ring (bicyclic) bond motifs is 1. The average molecular weight is 321 g/mol. The van der Waals surface area contributed by atoms with Gasteiger partial charge in [-0.2, -0.15) is 0 Å². The molecule has 0 fully saturated rings. The molecule has 96 valence electrons. The highest BCUT2D eigenvalue weighted by atomic mass is 79.9. The second-order valence-electron chi connectivity index (χ2n) is 4.20. The lowest BCUT2D eigenvalue weighted by Gasteiger charge is -1.99. The molecule has 0 bridgehead atoms. The predicted molar refractivity (Wildman–Crippen MR) is 73.1 cm³/mol. The number of carboxylic acid groups (broad SMARTS) is 1. The maximum Gasteiger partial charge on any atom is 0.358 e. The van der Waals surface area contributed by atoms with Crippen LogP contribution in [-0.4, -0.2) is 20.8 Å². The Morgan fingerprint density at radius 3 is 2.89 bits per heavy atom. The molecule has 2 heterocycles. The molecule has 0 aliphatic heterocycles. The van der Waals surface area contributed by atoms with Crippen LogP contribution in [0.3, 0.4) is 0 Å². The summed E-state index contributed by atoms with van der Waals surface area (Å²) in [5, 5.41) is 13.4. The molecule has 3 rings (SSSR count). The summed E-state index contributed by atoms with van der Waals surface area (Å²) < 4.78 is 8.05. The van der Waals surface area contributed by atoms with Crippen molar-refractivity contribution in [3.63, 3.8) is 0 Å². The number of hydrogen-bond donors (Lipinski definition) is 1. The number of halogens is 1. The Bertz CT molecular complexity index is 788. The second kappa shape index (κ2) is 4.24. The number of aromatic carboxylic acids is 1. The van der Waals surface area contributed by atoms with Gasteiger partial charge in [0.25, 0.3) is 0 Å². The van der Waals surface area contributed by atoms with E-state index in [1.807, 2.05) is 36.0 Å². The zero-order chi connectivity index (χ0) is 13.6. The number of nitrogens with zero attached hydrogens (tertiary/aromatic N) is 2. The largest absolute Gasteiger partial charge is 0.476 e. The van der Waals surface area contributed by atoms with Gasteiger partial charge < -0.3 is 14.2 Å². The molecule has 19 heavy (non-hydrogen) atoms. The fraction of sp³-hybridized carbons (Fsp3) is 0.0769. The number of carbonyl (C=O) groups is 1. The van der Waals surface area contributed by atoms with Crippen LogP contribution in [0.15, 0.2) is 39.5 Å². The van der Waals surface area contributed by atoms with Crippen molar-refractivity contribution in [1.29, 1.82) is 0 Å². The summed E-state index contributed by atoms with van der Waals surface area (Å²) in [7, 11) is 1.94. The minimum Gasteiger partial charge on any atom is -0.476 e. The van der Waals surface area contributed by atoms with Crippen molar-refractivity contribution < 1.29 is 14.4 Å². The van der Waals surface area contributed by atoms with Crippen LogP contribution in [0.25, 0.3) is 22.2 Å². The Balaban J connectivity index is 2.14. The lowest BCUT2D eigenvalue weighted by atomic mass is 10.1. The molecule has 0 aliphatic rings. The zero-order valence-corrected chi connectivity index (χ0v) is 11.5. The van der Waals surface area contributed by atoms with Gasteiger partial charge in [0, 0.05) is 40.2 Å². The Morgan fingerprint density at radius 2 is 2.21 bits per heavy atom. The van der Waals surface area contributed by atoms with E-state index in [1.54, 1.807) is 0 Å². The van der Waals surface area contributed by atoms with E-state index in [1.165, 1.54) is 6.07 Å². The monoisotopic (exact) mass is 320 g/mol. The minimum atomic E-state index is -1.10. The van der Waals surface area contributed by atoms with Gasteiger partial charge in [-0.1, -0.05) is 17.3 Å². The van der Waals surface area contributed by atoms with Crippen molar-refractivity contribution in [3.05, 3.63) is 40.6 Å². The molecule has 0 radical (unpaired) electrons. The summed E-state index contributed by atoms with van der Waals surface area (Å²) in [6.07, 6.45) is 1.97. The van der Waals surface area contributed by atoms with Gasteiger partial charge in [-0.15, -0.1) is 0 Å². The third-order valence-corrected chi connectivity index (χ3v) is 3.59. The van der Waals surface area contributed by atoms with Crippen LogP contribution in [0.4, 0.5) is 0 Å². The van der Waals surface area contributed by atoms with Gasteiger partial charge in [-0.3, -0.25) is 0 Å². The molecule has 3 aromatic rings. The van der Waals surface area contributed by atoms with E-state index in [4.69, 9.17) is 9.63 Å². The van der Waals surface area contributed by atoms with E-state index < -0.39 is 5.97 Å². The van der Waals surface area contributed by atoms with Crippen LogP contribution < -0.4 is 0 Å². The Kier molecular flexibility index (Phi) is 2.67. The molecular weight excluding hydrogens is 312 g/mol. The predicted octanol–water partition coefficient (Wildman–Crippen LogP) is 3.29. The molecule has 0 atom stereocenters. The highest BCUT2D eigenvalue weighted by Crippen LogP contribution is 2.30. The van der Waals surface area contributed by atoms with Gasteiger partial charge in [-0.05, 0) is 22.0 Å². The molecule has 5 nitrogen and oxygen atoms in total. The quantitative estimate of drug-likeness (QED) is 0.786. The third-order valence-electron chi connectivity index (χ3n) is 2.96. The van der Waals surface area contributed by atoms with E-state index in [0.717, 1.165) is 20.9 Å². The lowest BCUT2D eigenvalue weighted by Crippen LogP contribution is -1.94. The van der Waals surface area contributed by atoms with Gasteiger partial charge in [0.15, 0.2) is 11.5 Å². The van der Waals surface area contributed by atoms with Gasteiger partial charge in [-0.25, -0.2) is 4.79 Å². The van der Waals surface area contributed by atoms with Crippen molar-refractivity contribution in [3.8, 4) is 11.3 Å². The number of aromatic nitrogens is 2. The van der Waals surface area contributed by atoms with Crippen LogP contribution in [0.1, 0.15) is 10.5 Å². The number of carboxylic acids is 1. The van der Waals surface area contributed by atoms with Gasteiger partial charge >= 0.3 is 5.97 Å². The third kappa shape index (κ3) is 1.94. The second-order valence-corrected chi connectivity index (χ2v) is 5.06. The Hall–Kier alpha value is -2.08. The van der Waals surface area contributed by atoms with Crippen molar-refractivity contribution in [1.82, 2.24) is 9.72 Å². The Labute approximate surface area is 116 Å². The first-order valence-electron chi connectivity index (χ1n) is 5.51. The van der Waals surface area contributed by atoms with Crippen LogP contribution >= 0.6 is 15.9 Å². The molecule has 0 spiro atoms. The van der Waals surface area contributed by atoms with Crippen molar-refractivity contribution >= 4 is 32.8 Å². The summed E-state index contributed by atoms with van der Waals surface area (Å²) >= 11 is 3.49. The van der Waals surface area contributed by atoms with Crippen molar-refractivity contribution in [2.75, 3.05) is 0 Å². The normalized spacial score (nSPS) is 11.1. The van der Waals surface area contributed by atoms with Crippen LogP contribution in [0.2, 0.25) is 0 Å². The summed E-state index contributed by atoms with van der Waals surface area (Å²) in [5.41, 5.74) is 1.72. The molecule has 6 heteroatoms. The molecule has 0 aliphatic carbocycles. The van der Waals surface area contributed by atoms with E-state index in [9.17, 15) is 4.79 Å². The first-order chi connectivity index (χ1) is 9.06. The molecule has 1 aromatic carbocycles. The van der Waals surface area contributed by atoms with E-state index in [0.29, 0.717) is 5.76 Å². The lowest BCUT2D eigenvalue weighted by molar-refractivity contribution is 0.0686. The van der Waals surface area contributed by atoms with E-state index in [-0.39, 0.29) is 5.69 Å². The number of hydrogen-bond acceptors (Lipinski definition) is 3. The van der Waals surface area contributed by atoms with Crippen molar-refractivity contribution in [2.45, 2.75) is 0 Å². The van der Waals surface area contributed by atoms with Gasteiger partial charge in [0.05, 0.1) is 0 Å². The molecule has 1 N–H and O–H groups in total. The molecule has 0 unspecified atom stereocenters. The molecule has 0 saturated heterocycles. The molecular formula is C13H9BrN2O3. The van der Waals surface area contributed by atoms with Crippen molar-refractivity contribution in [2.24, 2.45) is 7.05 Å². The molecule has 0 amide bonds. The number of benzene rings is 1. The molecule has 0 saturated carbocycles. The summed E-state index contributed by atoms with van der Waals surface area (Å²) in [5.74, 6) is -0.658. The van der Waals surface area contributed by atoms with Crippen LogP contribution in [0.5, 0.6) is 0 Å². The fourth-order valence-electron chi connectivity index (χ4n) is 2.00. The molecule has 2 aromatic heterocycles. The zero-order valence-electron chi connectivity index (χ0n) is 9.92. The first-order valence-corrected chi connectivity index (χ1v) is 6.30. The van der Waals surface area contributed by atoms with Gasteiger partial charge in [0.1, 0.15) is 0 Å². The maximum absolute atomic E-state index is 10.8. The SMILES string of the molecule is Cn1cc(Br)c2ccc(-c3cc(C(=O)O)no3)cc21. The average Bonchev–Trinajstić information content (AvgIpc) is 2.96. The highest BCUT2D eigenvalue weighted by Gasteiger charge is 2.13. The summed E-state index contributed by atoms with van der Waals surface area (Å²) in [6.45, 7) is 0. The minimum absolute atomic E-state index is 0.0943. The topological polar surface area (TPSA) is 68.3 Å². The first kappa shape index (κ1) is 12.0. The van der Waals surface area contributed by atoms with Gasteiger partial charge in [0.2, 0.25) is 0 Å².